The van der Waals surface area contributed by atoms with Gasteiger partial charge in [0.15, 0.2) is 11.9 Å². The molecule has 0 spiro atoms. The first kappa shape index (κ1) is 31.0. The Labute approximate surface area is 240 Å². The van der Waals surface area contributed by atoms with E-state index in [0.29, 0.717) is 6.42 Å². The molecule has 0 radical (unpaired) electrons. The van der Waals surface area contributed by atoms with Gasteiger partial charge in [0.05, 0.1) is 11.3 Å². The van der Waals surface area contributed by atoms with Gasteiger partial charge in [-0.15, -0.1) is 0 Å². The summed E-state index contributed by atoms with van der Waals surface area (Å²) in [7, 11) is 0. The molecule has 0 aromatic carbocycles. The summed E-state index contributed by atoms with van der Waals surface area (Å²) in [5.41, 5.74) is -4.09. The number of hydrogen-bond donors (Lipinski definition) is 1. The van der Waals surface area contributed by atoms with Gasteiger partial charge in [-0.1, -0.05) is 41.5 Å². The molecule has 0 amide bonds. The van der Waals surface area contributed by atoms with Gasteiger partial charge in [-0.2, -0.15) is 0 Å². The first-order valence-electron chi connectivity index (χ1n) is 14.6. The lowest BCUT2D eigenvalue weighted by molar-refractivity contribution is -0.175. The van der Waals surface area contributed by atoms with E-state index in [2.05, 4.69) is 0 Å². The van der Waals surface area contributed by atoms with Crippen LogP contribution in [0.15, 0.2) is 11.1 Å². The lowest BCUT2D eigenvalue weighted by Crippen LogP contribution is -2.64. The second-order valence-electron chi connectivity index (χ2n) is 14.2. The summed E-state index contributed by atoms with van der Waals surface area (Å²) in [6.45, 7) is 13.3. The Morgan fingerprint density at radius 1 is 0.927 bits per heavy atom. The van der Waals surface area contributed by atoms with E-state index in [9.17, 15) is 38.7 Å². The van der Waals surface area contributed by atoms with Gasteiger partial charge < -0.3 is 9.84 Å². The van der Waals surface area contributed by atoms with E-state index in [1.165, 1.54) is 13.8 Å². The first-order chi connectivity index (χ1) is 18.8. The molecule has 4 rings (SSSR count). The Morgan fingerprint density at radius 3 is 2.10 bits per heavy atom. The van der Waals surface area contributed by atoms with Gasteiger partial charge in [-0.05, 0) is 31.1 Å². The fraction of sp³-hybridized carbons (Fsp3) is 0.719. The van der Waals surface area contributed by atoms with E-state index < -0.39 is 69.2 Å². The number of aliphatic carboxylic acids is 1. The van der Waals surface area contributed by atoms with E-state index in [4.69, 9.17) is 4.74 Å². The van der Waals surface area contributed by atoms with Crippen molar-refractivity contribution < 1.29 is 43.4 Å². The van der Waals surface area contributed by atoms with Crippen molar-refractivity contribution >= 4 is 40.9 Å². The SMILES string of the molecule is CC(=O)O[C@@H]1C(=O)C2=C(C(=O)C[C@H]3C(C)(C)C(=O)CC[C@]23C)[C@]2(C)C(=O)C[C@H]([C@H](C)CC(=O)C[C@@H](C)C(=O)O)[C@@]12C. The van der Waals surface area contributed by atoms with Crippen molar-refractivity contribution in [3.05, 3.63) is 11.1 Å². The predicted octanol–water partition coefficient (Wildman–Crippen LogP) is 4.09. The fourth-order valence-corrected chi connectivity index (χ4v) is 8.99. The van der Waals surface area contributed by atoms with E-state index in [1.54, 1.807) is 34.6 Å². The molecule has 4 aliphatic carbocycles. The molecule has 0 aromatic rings. The molecule has 4 aliphatic rings. The van der Waals surface area contributed by atoms with Crippen LogP contribution in [0, 0.1) is 45.3 Å². The number of esters is 1. The van der Waals surface area contributed by atoms with Gasteiger partial charge in [0.1, 0.15) is 17.3 Å². The molecule has 8 atom stereocenters. The maximum Gasteiger partial charge on any atom is 0.306 e. The van der Waals surface area contributed by atoms with Crippen LogP contribution in [-0.2, 0) is 38.3 Å². The molecule has 41 heavy (non-hydrogen) atoms. The molecule has 2 fully saturated rings. The van der Waals surface area contributed by atoms with Gasteiger partial charge in [0, 0.05) is 66.4 Å². The molecule has 224 valence electrons. The molecule has 0 bridgehead atoms. The number of allylic oxidation sites excluding steroid dienone is 1. The molecule has 0 unspecified atom stereocenters. The minimum atomic E-state index is -1.46. The van der Waals surface area contributed by atoms with Crippen molar-refractivity contribution in [2.24, 2.45) is 45.3 Å². The summed E-state index contributed by atoms with van der Waals surface area (Å²) in [5, 5.41) is 9.23. The van der Waals surface area contributed by atoms with E-state index in [-0.39, 0.29) is 66.4 Å². The summed E-state index contributed by atoms with van der Waals surface area (Å²) in [5.74, 6) is -5.46. The van der Waals surface area contributed by atoms with Gasteiger partial charge in [0.25, 0.3) is 0 Å². The normalized spacial score (nSPS) is 37.6. The molecular formula is C32H42O9. The number of rotatable bonds is 7. The lowest BCUT2D eigenvalue weighted by atomic mass is 9.42. The van der Waals surface area contributed by atoms with Crippen LogP contribution in [0.4, 0.5) is 0 Å². The predicted molar refractivity (Wildman–Crippen MR) is 146 cm³/mol. The van der Waals surface area contributed by atoms with Crippen molar-refractivity contribution in [2.75, 3.05) is 0 Å². The number of carbonyl (C=O) groups is 7. The van der Waals surface area contributed by atoms with Crippen LogP contribution in [0.5, 0.6) is 0 Å². The highest BCUT2D eigenvalue weighted by atomic mass is 16.5. The Morgan fingerprint density at radius 2 is 1.54 bits per heavy atom. The minimum Gasteiger partial charge on any atom is -0.481 e. The largest absolute Gasteiger partial charge is 0.481 e. The van der Waals surface area contributed by atoms with Crippen molar-refractivity contribution in [3.8, 4) is 0 Å². The van der Waals surface area contributed by atoms with Gasteiger partial charge in [-0.25, -0.2) is 0 Å². The highest BCUT2D eigenvalue weighted by molar-refractivity contribution is 6.18. The van der Waals surface area contributed by atoms with Gasteiger partial charge >= 0.3 is 11.9 Å². The number of ether oxygens (including phenoxy) is 1. The van der Waals surface area contributed by atoms with Crippen molar-refractivity contribution in [1.82, 2.24) is 0 Å². The monoisotopic (exact) mass is 570 g/mol. The summed E-state index contributed by atoms with van der Waals surface area (Å²) in [4.78, 5) is 92.3. The van der Waals surface area contributed by atoms with Crippen molar-refractivity contribution in [2.45, 2.75) is 100 Å². The maximum absolute atomic E-state index is 14.6. The van der Waals surface area contributed by atoms with Gasteiger partial charge in [0.2, 0.25) is 5.78 Å². The first-order valence-corrected chi connectivity index (χ1v) is 14.6. The molecule has 0 aliphatic heterocycles. The zero-order chi connectivity index (χ0) is 31.0. The fourth-order valence-electron chi connectivity index (χ4n) is 8.99. The summed E-state index contributed by atoms with van der Waals surface area (Å²) in [6.07, 6.45) is -0.948. The Hall–Kier alpha value is -2.97. The third-order valence-corrected chi connectivity index (χ3v) is 11.5. The van der Waals surface area contributed by atoms with Crippen molar-refractivity contribution in [3.63, 3.8) is 0 Å². The van der Waals surface area contributed by atoms with Crippen molar-refractivity contribution in [1.29, 1.82) is 0 Å². The van der Waals surface area contributed by atoms with Crippen LogP contribution in [0.25, 0.3) is 0 Å². The minimum absolute atomic E-state index is 0.0157. The average Bonchev–Trinajstić information content (AvgIpc) is 3.07. The highest BCUT2D eigenvalue weighted by Crippen LogP contribution is 2.70. The summed E-state index contributed by atoms with van der Waals surface area (Å²) in [6, 6.07) is 0. The van der Waals surface area contributed by atoms with Gasteiger partial charge in [-0.3, -0.25) is 33.6 Å². The number of carboxylic acid groups (broad SMARTS) is 1. The Kier molecular flexibility index (Phi) is 7.41. The molecule has 9 heteroatoms. The third-order valence-electron chi connectivity index (χ3n) is 11.5. The highest BCUT2D eigenvalue weighted by Gasteiger charge is 2.74. The van der Waals surface area contributed by atoms with E-state index in [1.807, 2.05) is 6.92 Å². The maximum atomic E-state index is 14.6. The van der Waals surface area contributed by atoms with E-state index >= 15 is 0 Å². The van der Waals surface area contributed by atoms with Crippen LogP contribution in [0.2, 0.25) is 0 Å². The second-order valence-corrected chi connectivity index (χ2v) is 14.2. The molecule has 9 nitrogen and oxygen atoms in total. The zero-order valence-electron chi connectivity index (χ0n) is 25.3. The quantitative estimate of drug-likeness (QED) is 0.447. The smallest absolute Gasteiger partial charge is 0.306 e. The summed E-state index contributed by atoms with van der Waals surface area (Å²) < 4.78 is 5.78. The topological polar surface area (TPSA) is 149 Å². The lowest BCUT2D eigenvalue weighted by Gasteiger charge is -2.59. The number of hydrogen-bond acceptors (Lipinski definition) is 8. The average molecular weight is 571 g/mol. The Bertz CT molecular complexity index is 1300. The van der Waals surface area contributed by atoms with Crippen LogP contribution in [0.3, 0.4) is 0 Å². The number of ketones is 5. The molecule has 2 saturated carbocycles. The van der Waals surface area contributed by atoms with Crippen LogP contribution >= 0.6 is 0 Å². The number of carboxylic acids is 1. The second kappa shape index (κ2) is 9.80. The molecule has 1 N–H and O–H groups in total. The zero-order valence-corrected chi connectivity index (χ0v) is 25.3. The summed E-state index contributed by atoms with van der Waals surface area (Å²) >= 11 is 0. The number of fused-ring (bicyclic) bond motifs is 4. The Balaban J connectivity index is 1.89. The molecule has 0 saturated heterocycles. The van der Waals surface area contributed by atoms with Crippen LogP contribution in [-0.4, -0.2) is 52.1 Å². The number of carbonyl (C=O) groups excluding carboxylic acids is 6. The molecular weight excluding hydrogens is 528 g/mol. The number of Topliss-reactive ketones (excluding diaryl/α,β-unsaturated/α-hetero) is 5. The standard InChI is InChI=1S/C32H42O9/c1-15(11-18(34)12-16(2)28(39)40)19-13-23(37)32(8)24-20(35)14-21-29(4,5)22(36)9-10-30(21,6)25(24)26(38)27(31(19,32)7)41-17(3)33/h15-16,19,21,27H,9-14H2,1-8H3,(H,39,40)/t15-,16-,19-,21+,27-,30+,31+,32+/m1/s1. The van der Waals surface area contributed by atoms with Crippen LogP contribution in [0.1, 0.15) is 93.9 Å². The van der Waals surface area contributed by atoms with Crippen LogP contribution < -0.4 is 0 Å². The molecule has 0 heterocycles. The molecule has 0 aromatic heterocycles. The van der Waals surface area contributed by atoms with E-state index in [0.717, 1.165) is 0 Å². The third kappa shape index (κ3) is 4.20.